The van der Waals surface area contributed by atoms with E-state index >= 15 is 0 Å². The van der Waals surface area contributed by atoms with Crippen LogP contribution in [0.5, 0.6) is 0 Å². The fourth-order valence-electron chi connectivity index (χ4n) is 1.69. The topological polar surface area (TPSA) is 47.6 Å². The molecule has 0 N–H and O–H groups in total. The van der Waals surface area contributed by atoms with Gasteiger partial charge in [0.15, 0.2) is 0 Å². The maximum absolute atomic E-state index is 8.41. The first kappa shape index (κ1) is 22.8. The first-order valence-electron chi connectivity index (χ1n) is 7.28. The van der Waals surface area contributed by atoms with Gasteiger partial charge in [0.25, 0.3) is 6.69 Å². The van der Waals surface area contributed by atoms with Crippen LogP contribution in [0.25, 0.3) is 0 Å². The van der Waals surface area contributed by atoms with Crippen LogP contribution < -0.4 is 5.19 Å². The van der Waals surface area contributed by atoms with Crippen molar-refractivity contribution in [3.8, 4) is 12.1 Å². The highest BCUT2D eigenvalue weighted by Gasteiger charge is 2.29. The van der Waals surface area contributed by atoms with E-state index in [1.807, 2.05) is 42.9 Å². The summed E-state index contributed by atoms with van der Waals surface area (Å²) in [7, 11) is 0. The predicted molar refractivity (Wildman–Crippen MR) is 106 cm³/mol. The van der Waals surface area contributed by atoms with Gasteiger partial charge in [-0.1, -0.05) is 30.3 Å². The van der Waals surface area contributed by atoms with Gasteiger partial charge in [-0.3, -0.25) is 0 Å². The molecule has 23 heavy (non-hydrogen) atoms. The molecule has 1 aromatic rings. The summed E-state index contributed by atoms with van der Waals surface area (Å²) in [4.78, 5) is 0. The number of hydrogen-bond donors (Lipinski definition) is 0. The zero-order valence-electron chi connectivity index (χ0n) is 13.0. The Bertz CT molecular complexity index is 519. The van der Waals surface area contributed by atoms with Gasteiger partial charge in [-0.25, -0.2) is 0 Å². The lowest BCUT2D eigenvalue weighted by molar-refractivity contribution is 0.956. The number of hydrogen-bond acceptors (Lipinski definition) is 2. The van der Waals surface area contributed by atoms with Crippen LogP contribution in [0.15, 0.2) is 30.3 Å². The third-order valence-corrected chi connectivity index (χ3v) is 9.85. The zero-order valence-corrected chi connectivity index (χ0v) is 18.1. The number of nitrogens with zero attached hydrogens (tertiary/aromatic N) is 2. The van der Waals surface area contributed by atoms with E-state index in [9.17, 15) is 0 Å². The van der Waals surface area contributed by atoms with Crippen LogP contribution in [-0.4, -0.2) is 13.4 Å². The van der Waals surface area contributed by atoms with Crippen LogP contribution in [0, 0.1) is 22.7 Å². The van der Waals surface area contributed by atoms with Gasteiger partial charge in [-0.15, -0.1) is 44.3 Å². The number of benzene rings is 1. The minimum absolute atomic E-state index is 0.529. The molecule has 0 aliphatic heterocycles. The van der Waals surface area contributed by atoms with Crippen molar-refractivity contribution < 1.29 is 0 Å². The van der Waals surface area contributed by atoms with Crippen LogP contribution in [0.1, 0.15) is 25.7 Å². The molecule has 0 bridgehead atoms. The molecule has 0 aliphatic rings. The molecule has 0 saturated carbocycles. The third kappa shape index (κ3) is 12.8. The fourth-order valence-corrected chi connectivity index (χ4v) is 6.44. The predicted octanol–water partition coefficient (Wildman–Crippen LogP) is 5.96. The maximum Gasteiger partial charge on any atom is 0.280 e. The minimum Gasteiger partial charge on any atom is -0.198 e. The van der Waals surface area contributed by atoms with E-state index in [-0.39, 0.29) is 0 Å². The normalized spacial score (nSPS) is 10.9. The Labute approximate surface area is 159 Å². The van der Waals surface area contributed by atoms with Crippen molar-refractivity contribution in [2.24, 2.45) is 0 Å². The highest BCUT2D eigenvalue weighted by Crippen LogP contribution is 2.23. The third-order valence-electron chi connectivity index (χ3n) is 2.88. The van der Waals surface area contributed by atoms with Crippen molar-refractivity contribution in [1.82, 2.24) is 0 Å². The van der Waals surface area contributed by atoms with Crippen LogP contribution in [0.3, 0.4) is 0 Å². The molecule has 0 radical (unpaired) electrons. The molecular weight excluding hydrogens is 406 g/mol. The smallest absolute Gasteiger partial charge is 0.198 e. The van der Waals surface area contributed by atoms with E-state index in [4.69, 9.17) is 54.8 Å². The Morgan fingerprint density at radius 2 is 1.35 bits per heavy atom. The van der Waals surface area contributed by atoms with Crippen LogP contribution in [-0.2, 0) is 0 Å². The lowest BCUT2D eigenvalue weighted by Gasteiger charge is -2.15. The van der Waals surface area contributed by atoms with Gasteiger partial charge in [-0.2, -0.15) is 10.5 Å². The molecule has 0 spiro atoms. The van der Waals surface area contributed by atoms with Gasteiger partial charge < -0.3 is 0 Å². The second-order valence-corrected chi connectivity index (χ2v) is 20.3. The van der Waals surface area contributed by atoms with Crippen LogP contribution in [0.4, 0.5) is 0 Å². The second-order valence-electron chi connectivity index (χ2n) is 5.16. The van der Waals surface area contributed by atoms with Gasteiger partial charge in [0.05, 0.1) is 12.1 Å². The van der Waals surface area contributed by atoms with Crippen molar-refractivity contribution in [2.45, 2.75) is 44.3 Å². The van der Waals surface area contributed by atoms with E-state index in [0.29, 0.717) is 12.8 Å². The number of halogens is 4. The van der Waals surface area contributed by atoms with Gasteiger partial charge in [0.2, 0.25) is 6.69 Å². The molecule has 1 rings (SSSR count). The summed E-state index contributed by atoms with van der Waals surface area (Å²) in [5.74, 6) is 0. The summed E-state index contributed by atoms with van der Waals surface area (Å²) in [5, 5.41) is 17.6. The van der Waals surface area contributed by atoms with Crippen molar-refractivity contribution in [1.29, 1.82) is 10.5 Å². The number of rotatable bonds is 7. The van der Waals surface area contributed by atoms with Gasteiger partial charge >= 0.3 is 0 Å². The van der Waals surface area contributed by atoms with Gasteiger partial charge in [0.1, 0.15) is 0 Å². The Balaban J connectivity index is 0.000000468. The van der Waals surface area contributed by atoms with Crippen molar-refractivity contribution >= 4 is 62.9 Å². The molecule has 0 aliphatic carbocycles. The average Bonchev–Trinajstić information content (AvgIpc) is 2.48. The largest absolute Gasteiger partial charge is 0.280 e. The molecule has 0 atom stereocenters. The van der Waals surface area contributed by atoms with E-state index in [1.165, 1.54) is 0 Å². The Morgan fingerprint density at radius 3 is 1.78 bits per heavy atom. The quantitative estimate of drug-likeness (QED) is 0.307. The summed E-state index contributed by atoms with van der Waals surface area (Å²) in [5.41, 5.74) is 0. The summed E-state index contributed by atoms with van der Waals surface area (Å²) in [6.07, 6.45) is 2.72. The Morgan fingerprint density at radius 1 is 0.870 bits per heavy atom. The lowest BCUT2D eigenvalue weighted by atomic mass is 10.4. The Hall–Kier alpha value is -0.206. The molecule has 0 heterocycles. The molecule has 1 aromatic carbocycles. The number of unbranched alkanes of at least 4 members (excludes halogenated alkanes) is 2. The summed E-state index contributed by atoms with van der Waals surface area (Å²) in [6, 6.07) is 15.4. The first-order chi connectivity index (χ1) is 10.7. The lowest BCUT2D eigenvalue weighted by Crippen LogP contribution is -2.35. The highest BCUT2D eigenvalue weighted by molar-refractivity contribution is 7.51. The molecule has 0 saturated heterocycles. The molecule has 0 amide bonds. The molecule has 8 heteroatoms. The van der Waals surface area contributed by atoms with Gasteiger partial charge in [-0.05, 0) is 36.7 Å². The monoisotopic (exact) mass is 424 g/mol. The molecular formula is C15H20Cl4N2Si2. The first-order valence-corrected chi connectivity index (χ1v) is 16.2. The fraction of sp³-hybridized carbons (Fsp3) is 0.467. The summed E-state index contributed by atoms with van der Waals surface area (Å²) < 4.78 is 0. The van der Waals surface area contributed by atoms with Gasteiger partial charge in [0, 0.05) is 12.8 Å². The SMILES string of the molecule is C[Si](Cl)(Cl)CCCC#N.N#CCCC[Si](Cl)(Cl)c1ccccc1. The molecule has 0 fully saturated rings. The highest BCUT2D eigenvalue weighted by atomic mass is 35.7. The average molecular weight is 426 g/mol. The zero-order chi connectivity index (χ0) is 17.8. The van der Waals surface area contributed by atoms with E-state index in [0.717, 1.165) is 30.1 Å². The van der Waals surface area contributed by atoms with E-state index < -0.39 is 13.4 Å². The second kappa shape index (κ2) is 12.2. The minimum atomic E-state index is -2.32. The summed E-state index contributed by atoms with van der Waals surface area (Å²) >= 11 is 24.1. The molecule has 0 aromatic heterocycles. The van der Waals surface area contributed by atoms with E-state index in [1.54, 1.807) is 0 Å². The van der Waals surface area contributed by atoms with E-state index in [2.05, 4.69) is 6.07 Å². The maximum atomic E-state index is 8.41. The number of nitriles is 2. The Kier molecular flexibility index (Phi) is 12.1. The standard InChI is InChI=1S/C10H11Cl2NSi.C5H9Cl2NSi/c11-14(12,9-5-4-8-13)10-6-2-1-3-7-10;1-9(6,7)5-3-2-4-8/h1-3,6-7H,4-5,9H2;2-3,5H2,1H3. The summed E-state index contributed by atoms with van der Waals surface area (Å²) in [6.45, 7) is -2.36. The molecule has 2 nitrogen and oxygen atoms in total. The molecule has 126 valence electrons. The van der Waals surface area contributed by atoms with Crippen molar-refractivity contribution in [3.63, 3.8) is 0 Å². The van der Waals surface area contributed by atoms with Crippen molar-refractivity contribution in [3.05, 3.63) is 30.3 Å². The van der Waals surface area contributed by atoms with Crippen LogP contribution >= 0.6 is 44.3 Å². The van der Waals surface area contributed by atoms with Crippen LogP contribution in [0.2, 0.25) is 18.6 Å². The van der Waals surface area contributed by atoms with Crippen molar-refractivity contribution in [2.75, 3.05) is 0 Å². The molecule has 0 unspecified atom stereocenters.